The summed E-state index contributed by atoms with van der Waals surface area (Å²) in [4.78, 5) is 9.59. The van der Waals surface area contributed by atoms with Gasteiger partial charge in [0, 0.05) is 38.0 Å². The maximum Gasteiger partial charge on any atom is 0.0929 e. The van der Waals surface area contributed by atoms with E-state index < -0.39 is 0 Å². The van der Waals surface area contributed by atoms with Crippen molar-refractivity contribution < 1.29 is 0 Å². The lowest BCUT2D eigenvalue weighted by molar-refractivity contribution is 0.136. The number of piperazine rings is 1. The van der Waals surface area contributed by atoms with Crippen LogP contribution in [0.3, 0.4) is 0 Å². The fourth-order valence-corrected chi connectivity index (χ4v) is 3.38. The molecule has 0 spiro atoms. The molecule has 2 rings (SSSR count). The average Bonchev–Trinajstić information content (AvgIpc) is 2.87. The van der Waals surface area contributed by atoms with Gasteiger partial charge in [-0.25, -0.2) is 4.98 Å². The van der Waals surface area contributed by atoms with Crippen LogP contribution in [0.2, 0.25) is 0 Å². The summed E-state index contributed by atoms with van der Waals surface area (Å²) in [5.74, 6) is 0.537. The monoisotopic (exact) mass is 287 g/mol. The Hall–Kier alpha value is -0.160. The summed E-state index contributed by atoms with van der Waals surface area (Å²) in [6.45, 7) is 9.53. The van der Waals surface area contributed by atoms with Crippen LogP contribution < -0.4 is 0 Å². The van der Waals surface area contributed by atoms with Crippen molar-refractivity contribution in [2.45, 2.75) is 25.6 Å². The average molecular weight is 288 g/mol. The fourth-order valence-electron chi connectivity index (χ4n) is 2.31. The third-order valence-corrected chi connectivity index (χ3v) is 4.74. The summed E-state index contributed by atoms with van der Waals surface area (Å²) in [6.07, 6.45) is 2.30. The van der Waals surface area contributed by atoms with Crippen LogP contribution in [0, 0.1) is 0 Å². The normalized spacial score (nSPS) is 18.3. The minimum Gasteiger partial charge on any atom is -0.301 e. The molecule has 0 atom stereocenters. The van der Waals surface area contributed by atoms with Gasteiger partial charge in [0.05, 0.1) is 16.6 Å². The number of aryl methyl sites for hydroxylation is 1. The second kappa shape index (κ2) is 7.43. The van der Waals surface area contributed by atoms with E-state index in [1.54, 1.807) is 11.3 Å². The van der Waals surface area contributed by atoms with Crippen LogP contribution >= 0.6 is 22.9 Å². The van der Waals surface area contributed by atoms with E-state index in [1.807, 2.05) is 0 Å². The third kappa shape index (κ3) is 4.19. The molecule has 0 aliphatic carbocycles. The van der Waals surface area contributed by atoms with Crippen molar-refractivity contribution in [2.24, 2.45) is 0 Å². The van der Waals surface area contributed by atoms with Crippen molar-refractivity contribution in [3.05, 3.63) is 16.1 Å². The van der Waals surface area contributed by atoms with E-state index in [-0.39, 0.29) is 0 Å². The van der Waals surface area contributed by atoms with Crippen LogP contribution in [-0.2, 0) is 12.3 Å². The Balaban J connectivity index is 1.63. The van der Waals surface area contributed by atoms with Gasteiger partial charge in [-0.3, -0.25) is 0 Å². The number of hydrogen-bond acceptors (Lipinski definition) is 4. The first-order valence-corrected chi connectivity index (χ1v) is 8.17. The SMILES string of the molecule is CCN1CCN(CCCc2nc(CCl)cs2)CC1. The Kier molecular flexibility index (Phi) is 5.89. The standard InChI is InChI=1S/C13H22ClN3S/c1-2-16-6-8-17(9-7-16)5-3-4-13-15-12(10-14)11-18-13/h11H,2-10H2,1H3. The second-order valence-corrected chi connectivity index (χ2v) is 5.96. The van der Waals surface area contributed by atoms with E-state index in [1.165, 1.54) is 50.7 Å². The highest BCUT2D eigenvalue weighted by Crippen LogP contribution is 2.13. The maximum absolute atomic E-state index is 5.75. The molecule has 0 aromatic carbocycles. The van der Waals surface area contributed by atoms with Gasteiger partial charge in [0.1, 0.15) is 0 Å². The molecule has 0 saturated carbocycles. The molecule has 1 aliphatic rings. The first-order chi connectivity index (χ1) is 8.81. The number of aromatic nitrogens is 1. The smallest absolute Gasteiger partial charge is 0.0929 e. The van der Waals surface area contributed by atoms with Gasteiger partial charge in [0.15, 0.2) is 0 Å². The number of nitrogens with zero attached hydrogens (tertiary/aromatic N) is 3. The van der Waals surface area contributed by atoms with Crippen molar-refractivity contribution >= 4 is 22.9 Å². The summed E-state index contributed by atoms with van der Waals surface area (Å²) in [7, 11) is 0. The Morgan fingerprint density at radius 1 is 1.28 bits per heavy atom. The quantitative estimate of drug-likeness (QED) is 0.749. The lowest BCUT2D eigenvalue weighted by atomic mass is 10.2. The van der Waals surface area contributed by atoms with Crippen molar-refractivity contribution in [3.8, 4) is 0 Å². The molecule has 2 heterocycles. The zero-order valence-electron chi connectivity index (χ0n) is 11.1. The molecule has 1 aliphatic heterocycles. The van der Waals surface area contributed by atoms with Gasteiger partial charge in [-0.05, 0) is 19.5 Å². The van der Waals surface area contributed by atoms with Crippen LogP contribution in [0.5, 0.6) is 0 Å². The number of alkyl halides is 1. The maximum atomic E-state index is 5.75. The Labute approximate surface area is 119 Å². The number of rotatable bonds is 6. The van der Waals surface area contributed by atoms with Crippen molar-refractivity contribution in [3.63, 3.8) is 0 Å². The molecule has 18 heavy (non-hydrogen) atoms. The van der Waals surface area contributed by atoms with E-state index in [0.29, 0.717) is 5.88 Å². The first kappa shape index (κ1) is 14.3. The summed E-state index contributed by atoms with van der Waals surface area (Å²) < 4.78 is 0. The number of thiazole rings is 1. The topological polar surface area (TPSA) is 19.4 Å². The minimum absolute atomic E-state index is 0.537. The third-order valence-electron chi connectivity index (χ3n) is 3.51. The Morgan fingerprint density at radius 2 is 2.00 bits per heavy atom. The van der Waals surface area contributed by atoms with Gasteiger partial charge in [0.2, 0.25) is 0 Å². The van der Waals surface area contributed by atoms with Crippen molar-refractivity contribution in [1.82, 2.24) is 14.8 Å². The van der Waals surface area contributed by atoms with Gasteiger partial charge >= 0.3 is 0 Å². The highest BCUT2D eigenvalue weighted by molar-refractivity contribution is 7.09. The summed E-state index contributed by atoms with van der Waals surface area (Å²) >= 11 is 7.50. The number of halogens is 1. The summed E-state index contributed by atoms with van der Waals surface area (Å²) in [6, 6.07) is 0. The molecular weight excluding hydrogens is 266 g/mol. The van der Waals surface area contributed by atoms with E-state index in [9.17, 15) is 0 Å². The van der Waals surface area contributed by atoms with Crippen molar-refractivity contribution in [2.75, 3.05) is 39.3 Å². The molecule has 1 fully saturated rings. The summed E-state index contributed by atoms with van der Waals surface area (Å²) in [5, 5.41) is 3.31. The van der Waals surface area contributed by atoms with E-state index >= 15 is 0 Å². The fraction of sp³-hybridized carbons (Fsp3) is 0.769. The van der Waals surface area contributed by atoms with Gasteiger partial charge in [-0.1, -0.05) is 6.92 Å². The number of likely N-dealkylation sites (N-methyl/N-ethyl adjacent to an activating group) is 1. The zero-order chi connectivity index (χ0) is 12.8. The van der Waals surface area contributed by atoms with E-state index in [4.69, 9.17) is 11.6 Å². The van der Waals surface area contributed by atoms with Gasteiger partial charge in [-0.15, -0.1) is 22.9 Å². The first-order valence-electron chi connectivity index (χ1n) is 6.75. The lowest BCUT2D eigenvalue weighted by Gasteiger charge is -2.33. The Bertz CT molecular complexity index is 348. The van der Waals surface area contributed by atoms with Crippen LogP contribution in [-0.4, -0.2) is 54.1 Å². The Morgan fingerprint density at radius 3 is 2.61 bits per heavy atom. The van der Waals surface area contributed by atoms with Crippen molar-refractivity contribution in [1.29, 1.82) is 0 Å². The lowest BCUT2D eigenvalue weighted by Crippen LogP contribution is -2.46. The number of hydrogen-bond donors (Lipinski definition) is 0. The molecular formula is C13H22ClN3S. The van der Waals surface area contributed by atoms with Gasteiger partial charge < -0.3 is 9.80 Å². The predicted octanol–water partition coefficient (Wildman–Crippen LogP) is 2.45. The highest BCUT2D eigenvalue weighted by Gasteiger charge is 2.14. The molecule has 1 aromatic rings. The minimum atomic E-state index is 0.537. The largest absolute Gasteiger partial charge is 0.301 e. The zero-order valence-corrected chi connectivity index (χ0v) is 12.6. The molecule has 3 nitrogen and oxygen atoms in total. The molecule has 0 unspecified atom stereocenters. The molecule has 1 saturated heterocycles. The molecule has 0 amide bonds. The highest BCUT2D eigenvalue weighted by atomic mass is 35.5. The van der Waals surface area contributed by atoms with Crippen LogP contribution in [0.1, 0.15) is 24.0 Å². The molecule has 102 valence electrons. The second-order valence-electron chi connectivity index (χ2n) is 4.75. The molecule has 0 bridgehead atoms. The van der Waals surface area contributed by atoms with Gasteiger partial charge in [-0.2, -0.15) is 0 Å². The molecule has 1 aromatic heterocycles. The molecule has 0 N–H and O–H groups in total. The van der Waals surface area contributed by atoms with E-state index in [2.05, 4.69) is 27.1 Å². The predicted molar refractivity (Wildman–Crippen MR) is 78.5 cm³/mol. The molecule has 0 radical (unpaired) electrons. The van der Waals surface area contributed by atoms with Crippen LogP contribution in [0.15, 0.2) is 5.38 Å². The van der Waals surface area contributed by atoms with Crippen LogP contribution in [0.25, 0.3) is 0 Å². The summed E-state index contributed by atoms with van der Waals surface area (Å²) in [5.41, 5.74) is 1.02. The molecule has 5 heteroatoms. The van der Waals surface area contributed by atoms with Gasteiger partial charge in [0.25, 0.3) is 0 Å². The van der Waals surface area contributed by atoms with Crippen LogP contribution in [0.4, 0.5) is 0 Å². The van der Waals surface area contributed by atoms with E-state index in [0.717, 1.165) is 12.1 Å².